The summed E-state index contributed by atoms with van der Waals surface area (Å²) in [6.07, 6.45) is 1.64. The molecule has 1 aromatic carbocycles. The molecule has 0 bridgehead atoms. The lowest BCUT2D eigenvalue weighted by molar-refractivity contribution is 0.287. The Morgan fingerprint density at radius 1 is 1.04 bits per heavy atom. The number of guanidine groups is 1. The van der Waals surface area contributed by atoms with Crippen molar-refractivity contribution >= 4 is 21.4 Å². The summed E-state index contributed by atoms with van der Waals surface area (Å²) in [5.41, 5.74) is 0.640. The molecule has 0 saturated carbocycles. The number of hydrogen-bond acceptors (Lipinski definition) is 6. The first-order valence-electron chi connectivity index (χ1n) is 7.96. The molecule has 1 unspecified atom stereocenters. The minimum atomic E-state index is -2.56. The van der Waals surface area contributed by atoms with E-state index >= 15 is 0 Å². The first-order chi connectivity index (χ1) is 11.0. The van der Waals surface area contributed by atoms with Gasteiger partial charge in [-0.25, -0.2) is 9.20 Å². The van der Waals surface area contributed by atoms with E-state index in [1.807, 2.05) is 32.6 Å². The van der Waals surface area contributed by atoms with Gasteiger partial charge in [-0.1, -0.05) is 0 Å². The van der Waals surface area contributed by atoms with Crippen molar-refractivity contribution in [1.82, 2.24) is 4.90 Å². The van der Waals surface area contributed by atoms with Gasteiger partial charge in [0.15, 0.2) is 11.5 Å². The molecular weight excluding hydrogens is 314 g/mol. The summed E-state index contributed by atoms with van der Waals surface area (Å²) in [5, 5.41) is 0. The molecule has 2 rings (SSSR count). The molecule has 0 spiro atoms. The highest BCUT2D eigenvalue weighted by Gasteiger charge is 2.24. The lowest BCUT2D eigenvalue weighted by atomic mass is 10.2. The number of nitrogens with zero attached hydrogens (tertiary/aromatic N) is 3. The molecule has 1 aliphatic heterocycles. The fourth-order valence-corrected chi connectivity index (χ4v) is 3.81. The first kappa shape index (κ1) is 17.6. The Morgan fingerprint density at radius 2 is 1.61 bits per heavy atom. The molecule has 0 fully saturated rings. The SMILES string of the molecule is CCOc1cc2c(cc1OCC)S(C)(=O)=NC(N(CC)CC)=N2. The molecule has 6 nitrogen and oxygen atoms in total. The Kier molecular flexibility index (Phi) is 5.51. The highest BCUT2D eigenvalue weighted by molar-refractivity contribution is 7.93. The third-order valence-corrected chi connectivity index (χ3v) is 5.21. The second-order valence-corrected chi connectivity index (χ2v) is 7.34. The van der Waals surface area contributed by atoms with Gasteiger partial charge in [-0.05, 0) is 27.7 Å². The number of hydrogen-bond donors (Lipinski definition) is 0. The van der Waals surface area contributed by atoms with Crippen molar-refractivity contribution in [1.29, 1.82) is 0 Å². The predicted molar refractivity (Wildman–Crippen MR) is 93.6 cm³/mol. The van der Waals surface area contributed by atoms with E-state index in [0.29, 0.717) is 41.3 Å². The van der Waals surface area contributed by atoms with Gasteiger partial charge in [0.05, 0.1) is 33.5 Å². The fraction of sp³-hybridized carbons (Fsp3) is 0.562. The lowest BCUT2D eigenvalue weighted by Gasteiger charge is -2.24. The monoisotopic (exact) mass is 339 g/mol. The molecule has 1 aromatic rings. The molecule has 0 amide bonds. The van der Waals surface area contributed by atoms with Gasteiger partial charge < -0.3 is 14.4 Å². The van der Waals surface area contributed by atoms with E-state index in [0.717, 1.165) is 13.1 Å². The molecule has 1 atom stereocenters. The average Bonchev–Trinajstić information content (AvgIpc) is 2.50. The van der Waals surface area contributed by atoms with Crippen LogP contribution < -0.4 is 9.47 Å². The second-order valence-electron chi connectivity index (χ2n) is 5.11. The number of aliphatic imine (C=N–C) groups is 1. The summed E-state index contributed by atoms with van der Waals surface area (Å²) in [6, 6.07) is 3.54. The molecule has 128 valence electrons. The highest BCUT2D eigenvalue weighted by Crippen LogP contribution is 2.40. The van der Waals surface area contributed by atoms with Crippen molar-refractivity contribution < 1.29 is 13.7 Å². The number of ether oxygens (including phenoxy) is 2. The maximum atomic E-state index is 13.0. The van der Waals surface area contributed by atoms with Gasteiger partial charge in [-0.2, -0.15) is 4.36 Å². The largest absolute Gasteiger partial charge is 0.490 e. The molecule has 0 radical (unpaired) electrons. The Balaban J connectivity index is 2.62. The van der Waals surface area contributed by atoms with Crippen LogP contribution in [0.3, 0.4) is 0 Å². The van der Waals surface area contributed by atoms with Crippen LogP contribution >= 0.6 is 0 Å². The molecule has 1 heterocycles. The fourth-order valence-electron chi connectivity index (χ4n) is 2.43. The molecule has 0 aromatic heterocycles. The summed E-state index contributed by atoms with van der Waals surface area (Å²) in [4.78, 5) is 7.17. The van der Waals surface area contributed by atoms with Crippen LogP contribution in [0.15, 0.2) is 26.4 Å². The number of benzene rings is 1. The van der Waals surface area contributed by atoms with Crippen LogP contribution in [-0.2, 0) is 9.73 Å². The van der Waals surface area contributed by atoms with E-state index in [-0.39, 0.29) is 0 Å². The standard InChI is InChI=1S/C16H25N3O3S/c1-6-19(7-2)16-17-12-10-13(21-8-3)14(22-9-4)11-15(12)23(5,20)18-16/h10-11H,6-9H2,1-5H3. The van der Waals surface area contributed by atoms with E-state index in [4.69, 9.17) is 9.47 Å². The zero-order chi connectivity index (χ0) is 17.0. The van der Waals surface area contributed by atoms with Gasteiger partial charge in [0, 0.05) is 31.5 Å². The highest BCUT2D eigenvalue weighted by atomic mass is 32.2. The Labute approximate surface area is 138 Å². The third-order valence-electron chi connectivity index (χ3n) is 3.56. The van der Waals surface area contributed by atoms with Gasteiger partial charge in [-0.15, -0.1) is 0 Å². The van der Waals surface area contributed by atoms with Crippen LogP contribution in [0.2, 0.25) is 0 Å². The lowest BCUT2D eigenvalue weighted by Crippen LogP contribution is -2.31. The average molecular weight is 339 g/mol. The van der Waals surface area contributed by atoms with Crippen molar-refractivity contribution in [3.8, 4) is 11.5 Å². The van der Waals surface area contributed by atoms with Gasteiger partial charge in [0.2, 0.25) is 5.96 Å². The van der Waals surface area contributed by atoms with Crippen LogP contribution in [0.5, 0.6) is 11.5 Å². The van der Waals surface area contributed by atoms with Gasteiger partial charge in [0.25, 0.3) is 0 Å². The zero-order valence-electron chi connectivity index (χ0n) is 14.5. The van der Waals surface area contributed by atoms with E-state index < -0.39 is 9.73 Å². The van der Waals surface area contributed by atoms with Crippen LogP contribution in [0.25, 0.3) is 0 Å². The summed E-state index contributed by atoms with van der Waals surface area (Å²) in [7, 11) is -2.56. The number of fused-ring (bicyclic) bond motifs is 1. The smallest absolute Gasteiger partial charge is 0.234 e. The van der Waals surface area contributed by atoms with Crippen LogP contribution in [0.1, 0.15) is 27.7 Å². The molecule has 23 heavy (non-hydrogen) atoms. The summed E-state index contributed by atoms with van der Waals surface area (Å²) >= 11 is 0. The summed E-state index contributed by atoms with van der Waals surface area (Å²) < 4.78 is 28.7. The maximum absolute atomic E-state index is 13.0. The van der Waals surface area contributed by atoms with Crippen molar-refractivity contribution in [2.75, 3.05) is 32.6 Å². The van der Waals surface area contributed by atoms with Gasteiger partial charge >= 0.3 is 0 Å². The zero-order valence-corrected chi connectivity index (χ0v) is 15.3. The second kappa shape index (κ2) is 7.21. The van der Waals surface area contributed by atoms with Crippen LogP contribution in [0.4, 0.5) is 5.69 Å². The quantitative estimate of drug-likeness (QED) is 0.798. The topological polar surface area (TPSA) is 63.5 Å². The van der Waals surface area contributed by atoms with E-state index in [1.165, 1.54) is 0 Å². The summed E-state index contributed by atoms with van der Waals surface area (Å²) in [5.74, 6) is 1.72. The van der Waals surface area contributed by atoms with Crippen molar-refractivity contribution in [2.24, 2.45) is 9.36 Å². The Bertz CT molecular complexity index is 718. The predicted octanol–water partition coefficient (Wildman–Crippen LogP) is 3.28. The van der Waals surface area contributed by atoms with Crippen LogP contribution in [-0.4, -0.2) is 47.6 Å². The minimum absolute atomic E-state index is 0.509. The molecule has 1 aliphatic rings. The number of rotatable bonds is 6. The maximum Gasteiger partial charge on any atom is 0.234 e. The Hall–Kier alpha value is -1.76. The van der Waals surface area contributed by atoms with Crippen molar-refractivity contribution in [3.63, 3.8) is 0 Å². The van der Waals surface area contributed by atoms with Crippen LogP contribution in [0, 0.1) is 0 Å². The molecule has 0 N–H and O–H groups in total. The molecule has 7 heteroatoms. The Morgan fingerprint density at radius 3 is 2.13 bits per heavy atom. The molecule has 0 saturated heterocycles. The third kappa shape index (κ3) is 3.60. The molecular formula is C16H25N3O3S. The normalized spacial score (nSPS) is 19.4. The van der Waals surface area contributed by atoms with E-state index in [1.54, 1.807) is 18.4 Å². The minimum Gasteiger partial charge on any atom is -0.490 e. The van der Waals surface area contributed by atoms with E-state index in [2.05, 4.69) is 9.36 Å². The molecule has 0 aliphatic carbocycles. The van der Waals surface area contributed by atoms with Crippen molar-refractivity contribution in [2.45, 2.75) is 32.6 Å². The summed E-state index contributed by atoms with van der Waals surface area (Å²) in [6.45, 7) is 10.4. The van der Waals surface area contributed by atoms with E-state index in [9.17, 15) is 4.21 Å². The van der Waals surface area contributed by atoms with Gasteiger partial charge in [0.1, 0.15) is 0 Å². The van der Waals surface area contributed by atoms with Gasteiger partial charge in [-0.3, -0.25) is 0 Å². The van der Waals surface area contributed by atoms with Crippen molar-refractivity contribution in [3.05, 3.63) is 12.1 Å². The first-order valence-corrected chi connectivity index (χ1v) is 9.88.